The summed E-state index contributed by atoms with van der Waals surface area (Å²) in [5.74, 6) is 1.48. The van der Waals surface area contributed by atoms with Gasteiger partial charge in [0.2, 0.25) is 0 Å². The Hall–Kier alpha value is -3.61. The number of ether oxygens (including phenoxy) is 1. The molecule has 0 aliphatic heterocycles. The van der Waals surface area contributed by atoms with Crippen molar-refractivity contribution in [1.82, 2.24) is 9.97 Å². The lowest BCUT2D eigenvalue weighted by Gasteiger charge is -2.16. The maximum Gasteiger partial charge on any atom is 0.335 e. The van der Waals surface area contributed by atoms with Gasteiger partial charge in [-0.3, -0.25) is 0 Å². The number of aromatic nitrogens is 2. The predicted molar refractivity (Wildman–Crippen MR) is 109 cm³/mol. The number of nitrogens with zero attached hydrogens (tertiary/aromatic N) is 2. The molecular weight excluding hydrogens is 356 g/mol. The number of nitrogens with one attached hydrogen (secondary N) is 2. The van der Waals surface area contributed by atoms with Crippen LogP contribution in [0.1, 0.15) is 30.0 Å². The molecular formula is C21H22N4O3. The maximum atomic E-state index is 11.1. The van der Waals surface area contributed by atoms with Gasteiger partial charge < -0.3 is 20.5 Å². The maximum absolute atomic E-state index is 11.1. The third-order valence-corrected chi connectivity index (χ3v) is 3.73. The van der Waals surface area contributed by atoms with Crippen molar-refractivity contribution in [2.24, 2.45) is 0 Å². The summed E-state index contributed by atoms with van der Waals surface area (Å²) in [5, 5.41) is 15.5. The Labute approximate surface area is 163 Å². The van der Waals surface area contributed by atoms with Gasteiger partial charge in [0, 0.05) is 11.8 Å². The van der Waals surface area contributed by atoms with Crippen LogP contribution in [0.4, 0.5) is 23.0 Å². The first-order valence-electron chi connectivity index (χ1n) is 8.89. The third kappa shape index (κ3) is 4.97. The second-order valence-electron chi connectivity index (χ2n) is 6.48. The highest BCUT2D eigenvalue weighted by molar-refractivity contribution is 5.89. The first-order valence-corrected chi connectivity index (χ1v) is 8.89. The Morgan fingerprint density at radius 1 is 1.00 bits per heavy atom. The van der Waals surface area contributed by atoms with E-state index in [2.05, 4.69) is 20.6 Å². The van der Waals surface area contributed by atoms with Crippen LogP contribution >= 0.6 is 0 Å². The summed E-state index contributed by atoms with van der Waals surface area (Å²) in [5.41, 5.74) is 1.63. The zero-order valence-electron chi connectivity index (χ0n) is 15.9. The molecule has 1 heterocycles. The minimum absolute atomic E-state index is 0.0498. The van der Waals surface area contributed by atoms with Crippen LogP contribution in [0, 0.1) is 6.92 Å². The zero-order chi connectivity index (χ0) is 20.1. The molecule has 3 aromatic rings. The zero-order valence-corrected chi connectivity index (χ0v) is 15.9. The number of anilines is 4. The molecule has 0 radical (unpaired) electrons. The normalized spacial score (nSPS) is 10.6. The highest BCUT2D eigenvalue weighted by Crippen LogP contribution is 2.28. The molecule has 0 amide bonds. The van der Waals surface area contributed by atoms with Crippen LogP contribution in [-0.4, -0.2) is 27.1 Å². The van der Waals surface area contributed by atoms with E-state index < -0.39 is 5.97 Å². The molecule has 7 nitrogen and oxygen atoms in total. The Kier molecular flexibility index (Phi) is 5.74. The van der Waals surface area contributed by atoms with Crippen molar-refractivity contribution >= 4 is 29.0 Å². The van der Waals surface area contributed by atoms with Crippen LogP contribution in [0.2, 0.25) is 0 Å². The summed E-state index contributed by atoms with van der Waals surface area (Å²) in [6.07, 6.45) is 0.0498. The fourth-order valence-electron chi connectivity index (χ4n) is 2.64. The first-order chi connectivity index (χ1) is 13.4. The van der Waals surface area contributed by atoms with E-state index in [1.807, 2.05) is 38.1 Å². The Morgan fingerprint density at radius 3 is 2.43 bits per heavy atom. The van der Waals surface area contributed by atoms with Gasteiger partial charge in [-0.1, -0.05) is 18.2 Å². The number of carbonyl (C=O) groups is 1. The van der Waals surface area contributed by atoms with Crippen molar-refractivity contribution < 1.29 is 14.6 Å². The summed E-state index contributed by atoms with van der Waals surface area (Å²) in [7, 11) is 0. The van der Waals surface area contributed by atoms with Crippen molar-refractivity contribution in [1.29, 1.82) is 0 Å². The monoisotopic (exact) mass is 378 g/mol. The summed E-state index contributed by atoms with van der Waals surface area (Å²) < 4.78 is 5.83. The molecule has 0 atom stereocenters. The lowest BCUT2D eigenvalue weighted by molar-refractivity contribution is 0.0697. The Balaban J connectivity index is 1.85. The molecule has 0 fully saturated rings. The number of aryl methyl sites for hydroxylation is 1. The minimum Gasteiger partial charge on any atom is -0.489 e. The Bertz CT molecular complexity index is 989. The fraction of sp³-hybridized carbons (Fsp3) is 0.190. The molecule has 28 heavy (non-hydrogen) atoms. The van der Waals surface area contributed by atoms with E-state index in [9.17, 15) is 4.79 Å². The van der Waals surface area contributed by atoms with Crippen molar-refractivity contribution in [3.8, 4) is 5.75 Å². The average Bonchev–Trinajstić information content (AvgIpc) is 2.62. The van der Waals surface area contributed by atoms with Crippen LogP contribution in [0.15, 0.2) is 54.6 Å². The van der Waals surface area contributed by atoms with Gasteiger partial charge in [0.15, 0.2) is 0 Å². The molecule has 7 heteroatoms. The van der Waals surface area contributed by atoms with Crippen LogP contribution in [-0.2, 0) is 0 Å². The molecule has 1 aromatic heterocycles. The van der Waals surface area contributed by atoms with Gasteiger partial charge in [0.1, 0.15) is 23.2 Å². The van der Waals surface area contributed by atoms with Gasteiger partial charge in [-0.2, -0.15) is 0 Å². The molecule has 3 N–H and O–H groups in total. The molecule has 0 saturated carbocycles. The van der Waals surface area contributed by atoms with Gasteiger partial charge in [0.25, 0.3) is 0 Å². The van der Waals surface area contributed by atoms with Gasteiger partial charge in [-0.05, 0) is 51.1 Å². The van der Waals surface area contributed by atoms with Gasteiger partial charge in [0.05, 0.1) is 17.4 Å². The summed E-state index contributed by atoms with van der Waals surface area (Å²) in [4.78, 5) is 20.0. The highest BCUT2D eigenvalue weighted by Gasteiger charge is 2.09. The summed E-state index contributed by atoms with van der Waals surface area (Å²) in [6, 6.07) is 16.0. The van der Waals surface area contributed by atoms with Gasteiger partial charge in [-0.15, -0.1) is 0 Å². The van der Waals surface area contributed by atoms with Crippen molar-refractivity contribution in [2.45, 2.75) is 26.9 Å². The van der Waals surface area contributed by atoms with E-state index in [1.54, 1.807) is 31.2 Å². The van der Waals surface area contributed by atoms with Crippen molar-refractivity contribution in [2.75, 3.05) is 10.6 Å². The summed E-state index contributed by atoms with van der Waals surface area (Å²) >= 11 is 0. The topological polar surface area (TPSA) is 96.4 Å². The van der Waals surface area contributed by atoms with Gasteiger partial charge >= 0.3 is 5.97 Å². The standard InChI is InChI=1S/C21H22N4O3/c1-13(2)28-18-10-5-4-9-17(18)25-20-12-19(22-14(3)23-20)24-16-8-6-7-15(11-16)21(26)27/h4-13H,1-3H3,(H,26,27)(H2,22,23,24,25). The molecule has 0 bridgehead atoms. The lowest BCUT2D eigenvalue weighted by atomic mass is 10.2. The molecule has 144 valence electrons. The van der Waals surface area contributed by atoms with Crippen LogP contribution in [0.3, 0.4) is 0 Å². The van der Waals surface area contributed by atoms with E-state index in [-0.39, 0.29) is 11.7 Å². The molecule has 0 aliphatic rings. The third-order valence-electron chi connectivity index (χ3n) is 3.73. The number of carboxylic acids is 1. The number of hydrogen-bond acceptors (Lipinski definition) is 6. The fourth-order valence-corrected chi connectivity index (χ4v) is 2.64. The van der Waals surface area contributed by atoms with E-state index >= 15 is 0 Å². The molecule has 2 aromatic carbocycles. The summed E-state index contributed by atoms with van der Waals surface area (Å²) in [6.45, 7) is 5.73. The predicted octanol–water partition coefficient (Wildman–Crippen LogP) is 4.76. The second kappa shape index (κ2) is 8.39. The largest absolute Gasteiger partial charge is 0.489 e. The Morgan fingerprint density at radius 2 is 1.71 bits per heavy atom. The minimum atomic E-state index is -0.980. The number of rotatable bonds is 7. The molecule has 0 saturated heterocycles. The average molecular weight is 378 g/mol. The van der Waals surface area contributed by atoms with E-state index in [4.69, 9.17) is 9.84 Å². The van der Waals surface area contributed by atoms with E-state index in [0.717, 1.165) is 11.4 Å². The smallest absolute Gasteiger partial charge is 0.335 e. The van der Waals surface area contributed by atoms with Gasteiger partial charge in [-0.25, -0.2) is 14.8 Å². The van der Waals surface area contributed by atoms with Crippen LogP contribution in [0.5, 0.6) is 5.75 Å². The van der Waals surface area contributed by atoms with E-state index in [1.165, 1.54) is 6.07 Å². The first kappa shape index (κ1) is 19.2. The number of carboxylic acid groups (broad SMARTS) is 1. The molecule has 0 spiro atoms. The van der Waals surface area contributed by atoms with Crippen molar-refractivity contribution in [3.63, 3.8) is 0 Å². The van der Waals surface area contributed by atoms with E-state index in [0.29, 0.717) is 23.1 Å². The second-order valence-corrected chi connectivity index (χ2v) is 6.48. The number of hydrogen-bond donors (Lipinski definition) is 3. The van der Waals surface area contributed by atoms with Crippen LogP contribution in [0.25, 0.3) is 0 Å². The lowest BCUT2D eigenvalue weighted by Crippen LogP contribution is -2.08. The highest BCUT2D eigenvalue weighted by atomic mass is 16.5. The number of aromatic carboxylic acids is 1. The number of benzene rings is 2. The quantitative estimate of drug-likeness (QED) is 0.545. The SMILES string of the molecule is Cc1nc(Nc2cccc(C(=O)O)c2)cc(Nc2ccccc2OC(C)C)n1. The van der Waals surface area contributed by atoms with Crippen molar-refractivity contribution in [3.05, 3.63) is 66.0 Å². The number of para-hydroxylation sites is 2. The molecule has 0 unspecified atom stereocenters. The van der Waals surface area contributed by atoms with Crippen LogP contribution < -0.4 is 15.4 Å². The molecule has 3 rings (SSSR count). The molecule has 0 aliphatic carbocycles.